The summed E-state index contributed by atoms with van der Waals surface area (Å²) in [6.07, 6.45) is 16.2. The van der Waals surface area contributed by atoms with Gasteiger partial charge in [-0.3, -0.25) is 0 Å². The van der Waals surface area contributed by atoms with E-state index in [0.29, 0.717) is 18.1 Å². The molecule has 3 aromatic rings. The molecule has 1 heterocycles. The molecule has 0 saturated heterocycles. The molecule has 212 valence electrons. The molecule has 1 aromatic heterocycles. The molecule has 3 rings (SSSR count). The Bertz CT molecular complexity index is 1060. The zero-order valence-corrected chi connectivity index (χ0v) is 23.8. The molecule has 39 heavy (non-hydrogen) atoms. The van der Waals surface area contributed by atoms with Crippen molar-refractivity contribution in [2.24, 2.45) is 0 Å². The largest absolute Gasteiger partial charge is 0.494 e. The Morgan fingerprint density at radius 1 is 0.641 bits per heavy atom. The van der Waals surface area contributed by atoms with Gasteiger partial charge in [0.25, 0.3) is 0 Å². The highest BCUT2D eigenvalue weighted by molar-refractivity contribution is 5.90. The zero-order valence-electron chi connectivity index (χ0n) is 23.8. The fraction of sp³-hybridized carbons (Fsp3) is 0.515. The van der Waals surface area contributed by atoms with Crippen molar-refractivity contribution in [3.8, 4) is 28.6 Å². The molecule has 0 fully saturated rings. The molecule has 0 unspecified atom stereocenters. The molecule has 0 atom stereocenters. The van der Waals surface area contributed by atoms with Crippen molar-refractivity contribution in [2.75, 3.05) is 13.2 Å². The molecule has 6 nitrogen and oxygen atoms in total. The normalized spacial score (nSPS) is 10.9. The van der Waals surface area contributed by atoms with Gasteiger partial charge in [0.15, 0.2) is 11.5 Å². The number of benzene rings is 2. The lowest BCUT2D eigenvalue weighted by molar-refractivity contribution is 0.0724. The van der Waals surface area contributed by atoms with Crippen molar-refractivity contribution >= 4 is 5.97 Å². The molecule has 0 amide bonds. The highest BCUT2D eigenvalue weighted by atomic mass is 16.5. The summed E-state index contributed by atoms with van der Waals surface area (Å²) in [5, 5.41) is 3.90. The zero-order chi connectivity index (χ0) is 27.5. The molecule has 0 aliphatic carbocycles. The van der Waals surface area contributed by atoms with Gasteiger partial charge in [-0.05, 0) is 61.4 Å². The Morgan fingerprint density at radius 3 is 1.64 bits per heavy atom. The van der Waals surface area contributed by atoms with E-state index in [1.54, 1.807) is 30.3 Å². The number of hydrogen-bond acceptors (Lipinski definition) is 6. The van der Waals surface area contributed by atoms with Crippen LogP contribution in [0.4, 0.5) is 0 Å². The van der Waals surface area contributed by atoms with Gasteiger partial charge in [-0.2, -0.15) is 0 Å². The molecule has 0 saturated carbocycles. The SMILES string of the molecule is CCCCCCCCCCOc1ccc(-c2cc(C(=O)Oc3ccc(OCCCCCCC)cc3)no2)cc1. The van der Waals surface area contributed by atoms with Crippen LogP contribution in [0, 0.1) is 0 Å². The van der Waals surface area contributed by atoms with Gasteiger partial charge < -0.3 is 18.7 Å². The van der Waals surface area contributed by atoms with Crippen molar-refractivity contribution < 1.29 is 23.5 Å². The van der Waals surface area contributed by atoms with Crippen LogP contribution in [-0.2, 0) is 0 Å². The number of hydrogen-bond donors (Lipinski definition) is 0. The standard InChI is InChI=1S/C33H45NO5/c1-3-5-7-9-10-11-13-15-25-36-28-18-16-27(17-19-28)32-26-31(34-39-32)33(35)38-30-22-20-29(21-23-30)37-24-14-12-8-6-4-2/h16-23,26H,3-15,24-25H2,1-2H3. The molecular weight excluding hydrogens is 490 g/mol. The summed E-state index contributed by atoms with van der Waals surface area (Å²) in [7, 11) is 0. The smallest absolute Gasteiger partial charge is 0.365 e. The highest BCUT2D eigenvalue weighted by Crippen LogP contribution is 2.25. The second kappa shape index (κ2) is 18.1. The van der Waals surface area contributed by atoms with Crippen molar-refractivity contribution in [3.63, 3.8) is 0 Å². The molecule has 0 aliphatic heterocycles. The van der Waals surface area contributed by atoms with E-state index in [9.17, 15) is 4.79 Å². The van der Waals surface area contributed by atoms with Gasteiger partial charge in [-0.1, -0.05) is 89.6 Å². The van der Waals surface area contributed by atoms with Crippen LogP contribution in [0.2, 0.25) is 0 Å². The first-order valence-corrected chi connectivity index (χ1v) is 14.8. The molecule has 0 radical (unpaired) electrons. The average Bonchev–Trinajstić information content (AvgIpc) is 3.46. The van der Waals surface area contributed by atoms with Crippen LogP contribution in [0.3, 0.4) is 0 Å². The second-order valence-corrected chi connectivity index (χ2v) is 10.0. The topological polar surface area (TPSA) is 70.8 Å². The lowest BCUT2D eigenvalue weighted by atomic mass is 10.1. The first-order valence-electron chi connectivity index (χ1n) is 14.8. The number of aromatic nitrogens is 1. The average molecular weight is 536 g/mol. The Kier molecular flexibility index (Phi) is 14.0. The summed E-state index contributed by atoms with van der Waals surface area (Å²) < 4.78 is 22.5. The van der Waals surface area contributed by atoms with Gasteiger partial charge in [0.1, 0.15) is 17.2 Å². The first kappa shape index (κ1) is 30.3. The molecule has 0 aliphatic rings. The second-order valence-electron chi connectivity index (χ2n) is 10.0. The molecule has 2 aromatic carbocycles. The fourth-order valence-corrected chi connectivity index (χ4v) is 4.31. The summed E-state index contributed by atoms with van der Waals surface area (Å²) >= 11 is 0. The Morgan fingerprint density at radius 2 is 1.10 bits per heavy atom. The van der Waals surface area contributed by atoms with Crippen molar-refractivity contribution in [1.82, 2.24) is 5.16 Å². The molecular formula is C33H45NO5. The number of esters is 1. The summed E-state index contributed by atoms with van der Waals surface area (Å²) in [6.45, 7) is 5.87. The van der Waals surface area contributed by atoms with E-state index < -0.39 is 5.97 Å². The van der Waals surface area contributed by atoms with Crippen LogP contribution in [0.5, 0.6) is 17.2 Å². The minimum atomic E-state index is -0.570. The van der Waals surface area contributed by atoms with Crippen LogP contribution < -0.4 is 14.2 Å². The lowest BCUT2D eigenvalue weighted by Crippen LogP contribution is -2.08. The van der Waals surface area contributed by atoms with E-state index in [2.05, 4.69) is 19.0 Å². The summed E-state index contributed by atoms with van der Waals surface area (Å²) in [6, 6.07) is 16.3. The van der Waals surface area contributed by atoms with E-state index in [0.717, 1.165) is 36.5 Å². The third-order valence-corrected chi connectivity index (χ3v) is 6.68. The van der Waals surface area contributed by atoms with Crippen LogP contribution in [-0.4, -0.2) is 24.3 Å². The minimum absolute atomic E-state index is 0.118. The monoisotopic (exact) mass is 535 g/mol. The lowest BCUT2D eigenvalue weighted by Gasteiger charge is -2.07. The van der Waals surface area contributed by atoms with E-state index in [1.165, 1.54) is 70.6 Å². The van der Waals surface area contributed by atoms with Gasteiger partial charge in [0.2, 0.25) is 0 Å². The number of rotatable bonds is 20. The number of carbonyl (C=O) groups is 1. The third-order valence-electron chi connectivity index (χ3n) is 6.68. The Hall–Kier alpha value is -3.28. The quantitative estimate of drug-likeness (QED) is 0.0815. The van der Waals surface area contributed by atoms with E-state index in [4.69, 9.17) is 18.7 Å². The van der Waals surface area contributed by atoms with Gasteiger partial charge in [0, 0.05) is 11.6 Å². The maximum Gasteiger partial charge on any atom is 0.365 e. The Labute approximate surface area is 234 Å². The number of carbonyl (C=O) groups excluding carboxylic acids is 1. The number of unbranched alkanes of at least 4 members (excludes halogenated alkanes) is 11. The number of ether oxygens (including phenoxy) is 3. The third kappa shape index (κ3) is 11.6. The van der Waals surface area contributed by atoms with E-state index >= 15 is 0 Å². The summed E-state index contributed by atoms with van der Waals surface area (Å²) in [4.78, 5) is 12.6. The van der Waals surface area contributed by atoms with E-state index in [-0.39, 0.29) is 5.69 Å². The maximum atomic E-state index is 12.6. The van der Waals surface area contributed by atoms with Crippen LogP contribution in [0.15, 0.2) is 59.1 Å². The van der Waals surface area contributed by atoms with Crippen LogP contribution >= 0.6 is 0 Å². The molecule has 0 bridgehead atoms. The molecule has 0 N–H and O–H groups in total. The summed E-state index contributed by atoms with van der Waals surface area (Å²) in [5.41, 5.74) is 0.935. The first-order chi connectivity index (χ1) is 19.2. The van der Waals surface area contributed by atoms with Crippen molar-refractivity contribution in [1.29, 1.82) is 0 Å². The summed E-state index contributed by atoms with van der Waals surface area (Å²) in [5.74, 6) is 1.95. The number of nitrogens with zero attached hydrogens (tertiary/aromatic N) is 1. The van der Waals surface area contributed by atoms with Crippen LogP contribution in [0.1, 0.15) is 108 Å². The predicted octanol–water partition coefficient (Wildman–Crippen LogP) is 9.43. The van der Waals surface area contributed by atoms with E-state index in [1.807, 2.05) is 24.3 Å². The van der Waals surface area contributed by atoms with Crippen LogP contribution in [0.25, 0.3) is 11.3 Å². The van der Waals surface area contributed by atoms with Gasteiger partial charge in [-0.15, -0.1) is 0 Å². The van der Waals surface area contributed by atoms with Gasteiger partial charge in [-0.25, -0.2) is 4.79 Å². The van der Waals surface area contributed by atoms with Crippen molar-refractivity contribution in [3.05, 3.63) is 60.3 Å². The minimum Gasteiger partial charge on any atom is -0.494 e. The molecule has 0 spiro atoms. The van der Waals surface area contributed by atoms with Gasteiger partial charge >= 0.3 is 5.97 Å². The van der Waals surface area contributed by atoms with Gasteiger partial charge in [0.05, 0.1) is 13.2 Å². The predicted molar refractivity (Wildman–Crippen MR) is 156 cm³/mol. The maximum absolute atomic E-state index is 12.6. The fourth-order valence-electron chi connectivity index (χ4n) is 4.31. The Balaban J connectivity index is 1.37. The molecule has 6 heteroatoms. The van der Waals surface area contributed by atoms with Crippen molar-refractivity contribution in [2.45, 2.75) is 97.3 Å². The highest BCUT2D eigenvalue weighted by Gasteiger charge is 2.16.